The Balaban J connectivity index is 1.68. The standard InChI is InChI=1S/C15H20N2O3/c1-12(18)17-9-7-13(8-10-17)11-16-15(19)20-14-5-3-2-4-6-14/h2-6,13H,7-11H2,1H3,(H,16,19). The van der Waals surface area contributed by atoms with Gasteiger partial charge in [0.25, 0.3) is 0 Å². The molecule has 1 fully saturated rings. The van der Waals surface area contributed by atoms with E-state index in [2.05, 4.69) is 5.32 Å². The van der Waals surface area contributed by atoms with Gasteiger partial charge in [-0.2, -0.15) is 0 Å². The van der Waals surface area contributed by atoms with Crippen LogP contribution in [0.1, 0.15) is 19.8 Å². The molecule has 2 rings (SSSR count). The summed E-state index contributed by atoms with van der Waals surface area (Å²) in [5, 5.41) is 2.78. The van der Waals surface area contributed by atoms with E-state index in [0.29, 0.717) is 18.2 Å². The van der Waals surface area contributed by atoms with E-state index in [1.165, 1.54) is 0 Å². The Morgan fingerprint density at radius 1 is 1.25 bits per heavy atom. The number of para-hydroxylation sites is 1. The van der Waals surface area contributed by atoms with Gasteiger partial charge in [0.1, 0.15) is 5.75 Å². The van der Waals surface area contributed by atoms with Crippen molar-refractivity contribution in [2.45, 2.75) is 19.8 Å². The summed E-state index contributed by atoms with van der Waals surface area (Å²) in [6, 6.07) is 8.99. The summed E-state index contributed by atoms with van der Waals surface area (Å²) in [6.45, 7) is 3.73. The van der Waals surface area contributed by atoms with Gasteiger partial charge < -0.3 is 15.0 Å². The fourth-order valence-corrected chi connectivity index (χ4v) is 2.31. The molecular formula is C15H20N2O3. The number of ether oxygens (including phenoxy) is 1. The molecule has 1 saturated heterocycles. The third kappa shape index (κ3) is 4.26. The molecule has 5 nitrogen and oxygen atoms in total. The fraction of sp³-hybridized carbons (Fsp3) is 0.467. The molecule has 1 N–H and O–H groups in total. The predicted molar refractivity (Wildman–Crippen MR) is 75.4 cm³/mol. The van der Waals surface area contributed by atoms with Crippen LogP contribution in [0.3, 0.4) is 0 Å². The van der Waals surface area contributed by atoms with Gasteiger partial charge in [0.05, 0.1) is 0 Å². The van der Waals surface area contributed by atoms with Gasteiger partial charge in [-0.3, -0.25) is 4.79 Å². The molecule has 0 radical (unpaired) electrons. The van der Waals surface area contributed by atoms with Crippen molar-refractivity contribution in [2.75, 3.05) is 19.6 Å². The van der Waals surface area contributed by atoms with Gasteiger partial charge in [0.2, 0.25) is 5.91 Å². The Morgan fingerprint density at radius 2 is 1.90 bits per heavy atom. The van der Waals surface area contributed by atoms with Gasteiger partial charge in [0.15, 0.2) is 0 Å². The van der Waals surface area contributed by atoms with E-state index >= 15 is 0 Å². The Kier molecular flexibility index (Phi) is 4.98. The van der Waals surface area contributed by atoms with Crippen LogP contribution in [-0.2, 0) is 4.79 Å². The largest absolute Gasteiger partial charge is 0.412 e. The van der Waals surface area contributed by atoms with E-state index in [1.54, 1.807) is 19.1 Å². The average molecular weight is 276 g/mol. The molecule has 0 bridgehead atoms. The Hall–Kier alpha value is -2.04. The number of piperidine rings is 1. The van der Waals surface area contributed by atoms with Crippen molar-refractivity contribution in [3.05, 3.63) is 30.3 Å². The number of benzene rings is 1. The van der Waals surface area contributed by atoms with E-state index in [-0.39, 0.29) is 5.91 Å². The number of carbonyl (C=O) groups excluding carboxylic acids is 2. The van der Waals surface area contributed by atoms with Crippen LogP contribution in [0.15, 0.2) is 30.3 Å². The highest BCUT2D eigenvalue weighted by molar-refractivity contribution is 5.73. The Morgan fingerprint density at radius 3 is 2.50 bits per heavy atom. The van der Waals surface area contributed by atoms with Crippen LogP contribution in [0.2, 0.25) is 0 Å². The maximum atomic E-state index is 11.6. The first kappa shape index (κ1) is 14.4. The van der Waals surface area contributed by atoms with E-state index in [4.69, 9.17) is 4.74 Å². The number of nitrogens with one attached hydrogen (secondary N) is 1. The molecule has 20 heavy (non-hydrogen) atoms. The summed E-state index contributed by atoms with van der Waals surface area (Å²) in [7, 11) is 0. The molecule has 0 unspecified atom stereocenters. The monoisotopic (exact) mass is 276 g/mol. The second-order valence-electron chi connectivity index (χ2n) is 5.03. The average Bonchev–Trinajstić information content (AvgIpc) is 2.46. The molecule has 1 aromatic rings. The third-order valence-corrected chi connectivity index (χ3v) is 3.55. The van der Waals surface area contributed by atoms with Crippen molar-refractivity contribution in [1.29, 1.82) is 0 Å². The van der Waals surface area contributed by atoms with Crippen LogP contribution >= 0.6 is 0 Å². The topological polar surface area (TPSA) is 58.6 Å². The molecule has 108 valence electrons. The number of hydrogen-bond donors (Lipinski definition) is 1. The molecule has 5 heteroatoms. The molecule has 0 atom stereocenters. The Bertz CT molecular complexity index is 453. The van der Waals surface area contributed by atoms with Gasteiger partial charge in [-0.1, -0.05) is 18.2 Å². The van der Waals surface area contributed by atoms with Gasteiger partial charge >= 0.3 is 6.09 Å². The zero-order chi connectivity index (χ0) is 14.4. The lowest BCUT2D eigenvalue weighted by molar-refractivity contribution is -0.130. The second-order valence-corrected chi connectivity index (χ2v) is 5.03. The van der Waals surface area contributed by atoms with Gasteiger partial charge in [0, 0.05) is 26.6 Å². The first-order valence-corrected chi connectivity index (χ1v) is 6.91. The summed E-state index contributed by atoms with van der Waals surface area (Å²) >= 11 is 0. The fourth-order valence-electron chi connectivity index (χ4n) is 2.31. The van der Waals surface area contributed by atoms with Gasteiger partial charge in [-0.25, -0.2) is 4.79 Å². The lowest BCUT2D eigenvalue weighted by Crippen LogP contribution is -2.41. The minimum absolute atomic E-state index is 0.125. The lowest BCUT2D eigenvalue weighted by atomic mass is 9.97. The third-order valence-electron chi connectivity index (χ3n) is 3.55. The van der Waals surface area contributed by atoms with Crippen molar-refractivity contribution in [3.8, 4) is 5.75 Å². The van der Waals surface area contributed by atoms with Crippen LogP contribution < -0.4 is 10.1 Å². The highest BCUT2D eigenvalue weighted by Gasteiger charge is 2.21. The number of likely N-dealkylation sites (tertiary alicyclic amines) is 1. The number of hydrogen-bond acceptors (Lipinski definition) is 3. The minimum atomic E-state index is -0.426. The minimum Gasteiger partial charge on any atom is -0.410 e. The zero-order valence-electron chi connectivity index (χ0n) is 11.7. The van der Waals surface area contributed by atoms with Crippen LogP contribution in [0.4, 0.5) is 4.79 Å². The summed E-state index contributed by atoms with van der Waals surface area (Å²) in [4.78, 5) is 24.7. The maximum absolute atomic E-state index is 11.6. The van der Waals surface area contributed by atoms with Crippen LogP contribution in [-0.4, -0.2) is 36.5 Å². The number of nitrogens with zero attached hydrogens (tertiary/aromatic N) is 1. The molecule has 1 aliphatic rings. The predicted octanol–water partition coefficient (Wildman–Crippen LogP) is 2.03. The second kappa shape index (κ2) is 6.93. The highest BCUT2D eigenvalue weighted by Crippen LogP contribution is 2.16. The van der Waals surface area contributed by atoms with Crippen molar-refractivity contribution in [1.82, 2.24) is 10.2 Å². The van der Waals surface area contributed by atoms with Crippen molar-refractivity contribution >= 4 is 12.0 Å². The van der Waals surface area contributed by atoms with E-state index in [1.807, 2.05) is 23.1 Å². The number of carbonyl (C=O) groups is 2. The smallest absolute Gasteiger partial charge is 0.410 e. The van der Waals surface area contributed by atoms with Crippen molar-refractivity contribution < 1.29 is 14.3 Å². The summed E-state index contributed by atoms with van der Waals surface area (Å²) in [6.07, 6.45) is 1.42. The molecule has 0 aromatic heterocycles. The van der Waals surface area contributed by atoms with Crippen molar-refractivity contribution in [3.63, 3.8) is 0 Å². The zero-order valence-corrected chi connectivity index (χ0v) is 11.7. The first-order valence-electron chi connectivity index (χ1n) is 6.91. The molecule has 0 saturated carbocycles. The molecule has 0 aliphatic carbocycles. The molecule has 2 amide bonds. The SMILES string of the molecule is CC(=O)N1CCC(CNC(=O)Oc2ccccc2)CC1. The molecule has 1 aliphatic heterocycles. The highest BCUT2D eigenvalue weighted by atomic mass is 16.6. The summed E-state index contributed by atoms with van der Waals surface area (Å²) in [5.74, 6) is 1.07. The first-order chi connectivity index (χ1) is 9.65. The van der Waals surface area contributed by atoms with Crippen LogP contribution in [0.5, 0.6) is 5.75 Å². The normalized spacial score (nSPS) is 15.8. The van der Waals surface area contributed by atoms with E-state index in [0.717, 1.165) is 25.9 Å². The lowest BCUT2D eigenvalue weighted by Gasteiger charge is -2.31. The van der Waals surface area contributed by atoms with E-state index in [9.17, 15) is 9.59 Å². The molecule has 1 aromatic carbocycles. The quantitative estimate of drug-likeness (QED) is 0.919. The maximum Gasteiger partial charge on any atom is 0.412 e. The van der Waals surface area contributed by atoms with Crippen LogP contribution in [0.25, 0.3) is 0 Å². The van der Waals surface area contributed by atoms with E-state index < -0.39 is 6.09 Å². The number of amides is 2. The Labute approximate surface area is 118 Å². The molecule has 1 heterocycles. The number of rotatable bonds is 3. The summed E-state index contributed by atoms with van der Waals surface area (Å²) in [5.41, 5.74) is 0. The van der Waals surface area contributed by atoms with Gasteiger partial charge in [-0.15, -0.1) is 0 Å². The molecular weight excluding hydrogens is 256 g/mol. The molecule has 0 spiro atoms. The summed E-state index contributed by atoms with van der Waals surface area (Å²) < 4.78 is 5.15. The van der Waals surface area contributed by atoms with Crippen molar-refractivity contribution in [2.24, 2.45) is 5.92 Å². The van der Waals surface area contributed by atoms with Gasteiger partial charge in [-0.05, 0) is 30.9 Å². The van der Waals surface area contributed by atoms with Crippen LogP contribution in [0, 0.1) is 5.92 Å².